The lowest BCUT2D eigenvalue weighted by Gasteiger charge is -2.17. The molecule has 14 heavy (non-hydrogen) atoms. The molecular weight excluding hydrogens is 174 g/mol. The van der Waals surface area contributed by atoms with E-state index >= 15 is 0 Å². The fraction of sp³-hybridized carbons (Fsp3) is 0.500. The normalized spacial score (nSPS) is 26.8. The Hall–Kier alpha value is -0.860. The molecule has 2 heteroatoms. The monoisotopic (exact) mass is 191 g/mol. The van der Waals surface area contributed by atoms with E-state index in [0.29, 0.717) is 0 Å². The van der Waals surface area contributed by atoms with Crippen molar-refractivity contribution in [2.45, 2.75) is 32.4 Å². The van der Waals surface area contributed by atoms with Gasteiger partial charge in [0.05, 0.1) is 6.10 Å². The molecule has 2 atom stereocenters. The Bertz CT molecular complexity index is 335. The third kappa shape index (κ3) is 1.68. The van der Waals surface area contributed by atoms with E-state index in [1.54, 1.807) is 0 Å². The topological polar surface area (TPSA) is 35.2 Å². The number of aryl methyl sites for hydroxylation is 2. The van der Waals surface area contributed by atoms with E-state index in [4.69, 9.17) is 10.5 Å². The van der Waals surface area contributed by atoms with Gasteiger partial charge in [-0.1, -0.05) is 23.8 Å². The zero-order valence-electron chi connectivity index (χ0n) is 8.79. The molecule has 2 rings (SSSR count). The fourth-order valence-corrected chi connectivity index (χ4v) is 2.07. The van der Waals surface area contributed by atoms with Crippen LogP contribution in [0.3, 0.4) is 0 Å². The summed E-state index contributed by atoms with van der Waals surface area (Å²) in [4.78, 5) is 0. The van der Waals surface area contributed by atoms with E-state index in [1.165, 1.54) is 16.7 Å². The lowest BCUT2D eigenvalue weighted by Crippen LogP contribution is -2.23. The van der Waals surface area contributed by atoms with Crippen molar-refractivity contribution in [3.63, 3.8) is 0 Å². The molecule has 1 aromatic rings. The maximum absolute atomic E-state index is 5.99. The minimum absolute atomic E-state index is 0.107. The van der Waals surface area contributed by atoms with Crippen LogP contribution in [0, 0.1) is 13.8 Å². The van der Waals surface area contributed by atoms with Gasteiger partial charge in [0.15, 0.2) is 0 Å². The van der Waals surface area contributed by atoms with Gasteiger partial charge in [0.25, 0.3) is 0 Å². The highest BCUT2D eigenvalue weighted by molar-refractivity contribution is 5.33. The zero-order chi connectivity index (χ0) is 10.1. The van der Waals surface area contributed by atoms with Gasteiger partial charge >= 0.3 is 0 Å². The minimum Gasteiger partial charge on any atom is -0.372 e. The summed E-state index contributed by atoms with van der Waals surface area (Å²) in [7, 11) is 0. The lowest BCUT2D eigenvalue weighted by molar-refractivity contribution is 0.104. The van der Waals surface area contributed by atoms with Crippen LogP contribution in [0.15, 0.2) is 18.2 Å². The molecule has 1 saturated heterocycles. The second-order valence-electron chi connectivity index (χ2n) is 4.10. The average Bonchev–Trinajstić information content (AvgIpc) is 2.52. The Morgan fingerprint density at radius 2 is 2.14 bits per heavy atom. The lowest BCUT2D eigenvalue weighted by atomic mass is 9.97. The maximum atomic E-state index is 5.99. The fourth-order valence-electron chi connectivity index (χ4n) is 2.07. The molecule has 0 saturated carbocycles. The quantitative estimate of drug-likeness (QED) is 0.737. The third-order valence-corrected chi connectivity index (χ3v) is 2.87. The molecule has 1 aromatic carbocycles. The van der Waals surface area contributed by atoms with E-state index in [1.807, 2.05) is 0 Å². The van der Waals surface area contributed by atoms with Crippen LogP contribution in [-0.4, -0.2) is 12.6 Å². The second kappa shape index (κ2) is 3.71. The van der Waals surface area contributed by atoms with Gasteiger partial charge in [-0.2, -0.15) is 0 Å². The van der Waals surface area contributed by atoms with Crippen LogP contribution in [0.1, 0.15) is 29.2 Å². The summed E-state index contributed by atoms with van der Waals surface area (Å²) >= 11 is 0. The van der Waals surface area contributed by atoms with Gasteiger partial charge in [0, 0.05) is 12.6 Å². The van der Waals surface area contributed by atoms with Crippen molar-refractivity contribution in [1.82, 2.24) is 0 Å². The minimum atomic E-state index is 0.107. The molecule has 0 aromatic heterocycles. The molecule has 0 spiro atoms. The summed E-state index contributed by atoms with van der Waals surface area (Å²) in [5.74, 6) is 0. The average molecular weight is 191 g/mol. The first-order valence-corrected chi connectivity index (χ1v) is 5.13. The van der Waals surface area contributed by atoms with Crippen LogP contribution in [0.4, 0.5) is 0 Å². The molecule has 0 amide bonds. The van der Waals surface area contributed by atoms with Crippen molar-refractivity contribution in [3.05, 3.63) is 34.9 Å². The molecule has 0 aliphatic carbocycles. The van der Waals surface area contributed by atoms with Crippen molar-refractivity contribution < 1.29 is 4.74 Å². The van der Waals surface area contributed by atoms with Crippen LogP contribution in [0.25, 0.3) is 0 Å². The van der Waals surface area contributed by atoms with E-state index in [2.05, 4.69) is 32.0 Å². The van der Waals surface area contributed by atoms with Crippen LogP contribution in [-0.2, 0) is 4.74 Å². The first-order valence-electron chi connectivity index (χ1n) is 5.13. The van der Waals surface area contributed by atoms with Gasteiger partial charge in [-0.25, -0.2) is 0 Å². The Balaban J connectivity index is 2.31. The molecule has 2 nitrogen and oxygen atoms in total. The number of hydrogen-bond acceptors (Lipinski definition) is 2. The second-order valence-corrected chi connectivity index (χ2v) is 4.10. The Morgan fingerprint density at radius 1 is 1.36 bits per heavy atom. The summed E-state index contributed by atoms with van der Waals surface area (Å²) in [6, 6.07) is 6.61. The Kier molecular flexibility index (Phi) is 2.57. The number of ether oxygens (including phenoxy) is 1. The van der Waals surface area contributed by atoms with Gasteiger partial charge in [-0.05, 0) is 31.4 Å². The van der Waals surface area contributed by atoms with Crippen molar-refractivity contribution in [1.29, 1.82) is 0 Å². The summed E-state index contributed by atoms with van der Waals surface area (Å²) in [6.07, 6.45) is 1.08. The van der Waals surface area contributed by atoms with Gasteiger partial charge < -0.3 is 10.5 Å². The molecule has 76 valence electrons. The molecule has 2 N–H and O–H groups in total. The summed E-state index contributed by atoms with van der Waals surface area (Å²) in [5, 5.41) is 0. The van der Waals surface area contributed by atoms with Gasteiger partial charge in [-0.15, -0.1) is 0 Å². The van der Waals surface area contributed by atoms with E-state index in [-0.39, 0.29) is 12.1 Å². The molecule has 0 bridgehead atoms. The first kappa shape index (κ1) is 9.69. The molecular formula is C12H17NO. The third-order valence-electron chi connectivity index (χ3n) is 2.87. The highest BCUT2D eigenvalue weighted by atomic mass is 16.5. The first-order chi connectivity index (χ1) is 6.68. The smallest absolute Gasteiger partial charge is 0.0979 e. The SMILES string of the molecule is Cc1ccc(C2OCCC2N)c(C)c1. The molecule has 1 aliphatic rings. The summed E-state index contributed by atoms with van der Waals surface area (Å²) in [5.41, 5.74) is 9.82. The van der Waals surface area contributed by atoms with Crippen LogP contribution in [0.2, 0.25) is 0 Å². The molecule has 1 heterocycles. The Labute approximate surface area is 85.1 Å². The van der Waals surface area contributed by atoms with Crippen molar-refractivity contribution in [3.8, 4) is 0 Å². The number of nitrogens with two attached hydrogens (primary N) is 1. The number of hydrogen-bond donors (Lipinski definition) is 1. The van der Waals surface area contributed by atoms with Gasteiger partial charge in [0.2, 0.25) is 0 Å². The maximum Gasteiger partial charge on any atom is 0.0979 e. The van der Waals surface area contributed by atoms with Crippen molar-refractivity contribution in [2.24, 2.45) is 5.73 Å². The van der Waals surface area contributed by atoms with Crippen molar-refractivity contribution >= 4 is 0 Å². The van der Waals surface area contributed by atoms with E-state index in [9.17, 15) is 0 Å². The van der Waals surface area contributed by atoms with Gasteiger partial charge in [-0.3, -0.25) is 0 Å². The largest absolute Gasteiger partial charge is 0.372 e. The zero-order valence-corrected chi connectivity index (χ0v) is 8.79. The summed E-state index contributed by atoms with van der Waals surface area (Å²) in [6.45, 7) is 5.02. The number of rotatable bonds is 1. The predicted molar refractivity (Wildman–Crippen MR) is 57.2 cm³/mol. The van der Waals surface area contributed by atoms with E-state index < -0.39 is 0 Å². The predicted octanol–water partition coefficient (Wildman–Crippen LogP) is 2.09. The molecule has 1 fully saturated rings. The molecule has 1 aliphatic heterocycles. The molecule has 2 unspecified atom stereocenters. The van der Waals surface area contributed by atoms with Gasteiger partial charge in [0.1, 0.15) is 0 Å². The standard InChI is InChI=1S/C12H17NO/c1-8-3-4-10(9(2)7-8)12-11(13)5-6-14-12/h3-4,7,11-12H,5-6,13H2,1-2H3. The van der Waals surface area contributed by atoms with E-state index in [0.717, 1.165) is 13.0 Å². The molecule has 0 radical (unpaired) electrons. The van der Waals surface area contributed by atoms with Crippen LogP contribution < -0.4 is 5.73 Å². The van der Waals surface area contributed by atoms with Crippen molar-refractivity contribution in [2.75, 3.05) is 6.61 Å². The Morgan fingerprint density at radius 3 is 2.71 bits per heavy atom. The van der Waals surface area contributed by atoms with Crippen LogP contribution in [0.5, 0.6) is 0 Å². The summed E-state index contributed by atoms with van der Waals surface area (Å²) < 4.78 is 5.65. The highest BCUT2D eigenvalue weighted by Crippen LogP contribution is 2.30. The highest BCUT2D eigenvalue weighted by Gasteiger charge is 2.27. The van der Waals surface area contributed by atoms with Crippen LogP contribution >= 0.6 is 0 Å². The number of benzene rings is 1.